The van der Waals surface area contributed by atoms with Crippen LogP contribution in [0.1, 0.15) is 0 Å². The Morgan fingerprint density at radius 1 is 0.935 bits per heavy atom. The normalized spacial score (nSPS) is 11.0. The van der Waals surface area contributed by atoms with Gasteiger partial charge in [-0.2, -0.15) is 4.98 Å². The molecule has 0 atom stereocenters. The Morgan fingerprint density at radius 3 is 2.52 bits per heavy atom. The first-order valence-corrected chi connectivity index (χ1v) is 9.91. The fraction of sp³-hybridized carbons (Fsp3) is 0.0417. The zero-order valence-corrected chi connectivity index (χ0v) is 17.2. The van der Waals surface area contributed by atoms with E-state index in [4.69, 9.17) is 20.9 Å². The maximum absolute atomic E-state index is 13.2. The van der Waals surface area contributed by atoms with Crippen LogP contribution in [-0.4, -0.2) is 21.8 Å². The SMILES string of the molecule is COc1ccccc1-c1noc(-c2cn(-c3cccc(Cl)c3)c(=O)c3ccccc23)n1. The molecule has 0 amide bonds. The van der Waals surface area contributed by atoms with Gasteiger partial charge in [0.25, 0.3) is 11.4 Å². The third-order valence-electron chi connectivity index (χ3n) is 5.02. The highest BCUT2D eigenvalue weighted by Gasteiger charge is 2.18. The molecule has 5 aromatic rings. The molecule has 6 nitrogen and oxygen atoms in total. The minimum atomic E-state index is -0.161. The van der Waals surface area contributed by atoms with Crippen LogP contribution in [0.4, 0.5) is 0 Å². The summed E-state index contributed by atoms with van der Waals surface area (Å²) in [4.78, 5) is 17.8. The molecule has 2 aromatic heterocycles. The van der Waals surface area contributed by atoms with E-state index < -0.39 is 0 Å². The lowest BCUT2D eigenvalue weighted by molar-refractivity contribution is 0.413. The van der Waals surface area contributed by atoms with Gasteiger partial charge in [0, 0.05) is 22.0 Å². The maximum atomic E-state index is 13.2. The molecule has 152 valence electrons. The van der Waals surface area contributed by atoms with Crippen molar-refractivity contribution >= 4 is 22.4 Å². The lowest BCUT2D eigenvalue weighted by Gasteiger charge is -2.10. The van der Waals surface area contributed by atoms with Gasteiger partial charge in [0.15, 0.2) is 0 Å². The number of aromatic nitrogens is 3. The summed E-state index contributed by atoms with van der Waals surface area (Å²) in [5, 5.41) is 5.94. The number of benzene rings is 3. The minimum Gasteiger partial charge on any atom is -0.496 e. The molecule has 31 heavy (non-hydrogen) atoms. The van der Waals surface area contributed by atoms with E-state index >= 15 is 0 Å². The fourth-order valence-electron chi connectivity index (χ4n) is 3.55. The van der Waals surface area contributed by atoms with Gasteiger partial charge in [-0.1, -0.05) is 53.2 Å². The highest BCUT2D eigenvalue weighted by molar-refractivity contribution is 6.30. The van der Waals surface area contributed by atoms with Crippen LogP contribution in [0.3, 0.4) is 0 Å². The molecule has 7 heteroatoms. The lowest BCUT2D eigenvalue weighted by Crippen LogP contribution is -2.18. The van der Waals surface area contributed by atoms with E-state index in [1.807, 2.05) is 48.5 Å². The van der Waals surface area contributed by atoms with Gasteiger partial charge in [0.1, 0.15) is 5.75 Å². The number of fused-ring (bicyclic) bond motifs is 1. The number of pyridine rings is 1. The van der Waals surface area contributed by atoms with Gasteiger partial charge in [0.05, 0.1) is 23.9 Å². The molecular weight excluding hydrogens is 414 g/mol. The van der Waals surface area contributed by atoms with Crippen LogP contribution < -0.4 is 10.3 Å². The Balaban J connectivity index is 1.73. The second-order valence-corrected chi connectivity index (χ2v) is 7.30. The molecule has 2 heterocycles. The molecule has 3 aromatic carbocycles. The van der Waals surface area contributed by atoms with Crippen LogP contribution >= 0.6 is 11.6 Å². The van der Waals surface area contributed by atoms with Crippen molar-refractivity contribution in [3.63, 3.8) is 0 Å². The van der Waals surface area contributed by atoms with E-state index in [0.29, 0.717) is 44.7 Å². The Bertz CT molecular complexity index is 1470. The van der Waals surface area contributed by atoms with Crippen LogP contribution in [-0.2, 0) is 0 Å². The molecule has 0 saturated heterocycles. The third kappa shape index (κ3) is 3.37. The smallest absolute Gasteiger partial charge is 0.262 e. The Labute approximate surface area is 182 Å². The van der Waals surface area contributed by atoms with E-state index in [2.05, 4.69) is 10.1 Å². The van der Waals surface area contributed by atoms with Crippen molar-refractivity contribution in [3.05, 3.63) is 94.4 Å². The highest BCUT2D eigenvalue weighted by Crippen LogP contribution is 2.31. The number of ether oxygens (including phenoxy) is 1. The highest BCUT2D eigenvalue weighted by atomic mass is 35.5. The molecular formula is C24H16ClN3O3. The maximum Gasteiger partial charge on any atom is 0.262 e. The van der Waals surface area contributed by atoms with E-state index in [9.17, 15) is 4.79 Å². The summed E-state index contributed by atoms with van der Waals surface area (Å²) in [5.74, 6) is 1.34. The molecule has 5 rings (SSSR count). The third-order valence-corrected chi connectivity index (χ3v) is 5.25. The van der Waals surface area contributed by atoms with Crippen molar-refractivity contribution in [3.8, 4) is 34.3 Å². The van der Waals surface area contributed by atoms with E-state index in [1.165, 1.54) is 4.57 Å². The predicted molar refractivity (Wildman–Crippen MR) is 120 cm³/mol. The van der Waals surface area contributed by atoms with Crippen LogP contribution in [0.25, 0.3) is 39.3 Å². The molecule has 0 radical (unpaired) electrons. The molecule has 0 spiro atoms. The molecule has 0 bridgehead atoms. The summed E-state index contributed by atoms with van der Waals surface area (Å²) in [6.45, 7) is 0. The van der Waals surface area contributed by atoms with Gasteiger partial charge >= 0.3 is 0 Å². The van der Waals surface area contributed by atoms with Crippen molar-refractivity contribution < 1.29 is 9.26 Å². The standard InChI is InChI=1S/C24H16ClN3O3/c1-30-21-12-5-4-11-19(21)22-26-23(31-27-22)20-14-28(16-8-6-7-15(25)13-16)24(29)18-10-3-2-9-17(18)20/h2-14H,1H3. The van der Waals surface area contributed by atoms with Crippen molar-refractivity contribution in [1.29, 1.82) is 0 Å². The summed E-state index contributed by atoms with van der Waals surface area (Å²) in [6.07, 6.45) is 1.70. The van der Waals surface area contributed by atoms with E-state index in [1.54, 1.807) is 37.6 Å². The fourth-order valence-corrected chi connectivity index (χ4v) is 3.74. The summed E-state index contributed by atoms with van der Waals surface area (Å²) in [6, 6.07) is 21.9. The van der Waals surface area contributed by atoms with Crippen molar-refractivity contribution in [2.75, 3.05) is 7.11 Å². The molecule has 0 unspecified atom stereocenters. The van der Waals surface area contributed by atoms with Gasteiger partial charge in [-0.25, -0.2) is 0 Å². The van der Waals surface area contributed by atoms with Crippen LogP contribution in [0.15, 0.2) is 88.3 Å². The number of methoxy groups -OCH3 is 1. The zero-order chi connectivity index (χ0) is 21.4. The quantitative estimate of drug-likeness (QED) is 0.384. The predicted octanol–water partition coefficient (Wildman–Crippen LogP) is 5.37. The number of hydrogen-bond donors (Lipinski definition) is 0. The molecule has 0 N–H and O–H groups in total. The Kier molecular flexibility index (Phi) is 4.76. The average Bonchev–Trinajstić information content (AvgIpc) is 3.29. The lowest BCUT2D eigenvalue weighted by atomic mass is 10.1. The molecule has 0 fully saturated rings. The Morgan fingerprint density at radius 2 is 1.71 bits per heavy atom. The number of para-hydroxylation sites is 1. The topological polar surface area (TPSA) is 70.2 Å². The summed E-state index contributed by atoms with van der Waals surface area (Å²) in [5.41, 5.74) is 1.84. The van der Waals surface area contributed by atoms with Gasteiger partial charge in [-0.05, 0) is 36.4 Å². The summed E-state index contributed by atoms with van der Waals surface area (Å²) in [7, 11) is 1.59. The van der Waals surface area contributed by atoms with Crippen molar-refractivity contribution in [2.45, 2.75) is 0 Å². The first-order chi connectivity index (χ1) is 15.2. The summed E-state index contributed by atoms with van der Waals surface area (Å²) >= 11 is 6.15. The first kappa shape index (κ1) is 19.1. The van der Waals surface area contributed by atoms with Gasteiger partial charge in [-0.3, -0.25) is 9.36 Å². The molecule has 0 aliphatic heterocycles. The number of nitrogens with zero attached hydrogens (tertiary/aromatic N) is 3. The van der Waals surface area contributed by atoms with Crippen LogP contribution in [0, 0.1) is 0 Å². The second-order valence-electron chi connectivity index (χ2n) is 6.87. The van der Waals surface area contributed by atoms with Crippen LogP contribution in [0.5, 0.6) is 5.75 Å². The number of rotatable bonds is 4. The van der Waals surface area contributed by atoms with E-state index in [0.717, 1.165) is 5.39 Å². The average molecular weight is 430 g/mol. The molecule has 0 saturated carbocycles. The van der Waals surface area contributed by atoms with Crippen molar-refractivity contribution in [1.82, 2.24) is 14.7 Å². The van der Waals surface area contributed by atoms with Gasteiger partial charge < -0.3 is 9.26 Å². The second kappa shape index (κ2) is 7.74. The molecule has 0 aliphatic carbocycles. The van der Waals surface area contributed by atoms with Gasteiger partial charge in [-0.15, -0.1) is 0 Å². The zero-order valence-electron chi connectivity index (χ0n) is 16.4. The van der Waals surface area contributed by atoms with Crippen molar-refractivity contribution in [2.24, 2.45) is 0 Å². The first-order valence-electron chi connectivity index (χ1n) is 9.53. The Hall–Kier alpha value is -3.90. The largest absolute Gasteiger partial charge is 0.496 e. The molecule has 0 aliphatic rings. The number of halogens is 1. The number of hydrogen-bond acceptors (Lipinski definition) is 5. The monoisotopic (exact) mass is 429 g/mol. The summed E-state index contributed by atoms with van der Waals surface area (Å²) < 4.78 is 12.6. The van der Waals surface area contributed by atoms with Crippen LogP contribution in [0.2, 0.25) is 5.02 Å². The van der Waals surface area contributed by atoms with E-state index in [-0.39, 0.29) is 5.56 Å². The minimum absolute atomic E-state index is 0.161. The van der Waals surface area contributed by atoms with Gasteiger partial charge in [0.2, 0.25) is 5.82 Å².